The van der Waals surface area contributed by atoms with E-state index in [-0.39, 0.29) is 0 Å². The van der Waals surface area contributed by atoms with Crippen LogP contribution in [0.5, 0.6) is 0 Å². The average molecular weight is 433 g/mol. The Morgan fingerprint density at radius 2 is 1.81 bits per heavy atom. The van der Waals surface area contributed by atoms with E-state index < -0.39 is 0 Å². The second kappa shape index (κ2) is 8.21. The van der Waals surface area contributed by atoms with Crippen LogP contribution < -0.4 is 10.2 Å². The number of aromatic nitrogens is 3. The predicted molar refractivity (Wildman–Crippen MR) is 128 cm³/mol. The van der Waals surface area contributed by atoms with Gasteiger partial charge in [-0.1, -0.05) is 23.7 Å². The molecular weight excluding hydrogens is 408 g/mol. The Labute approximate surface area is 187 Å². The maximum Gasteiger partial charge on any atom is 0.245 e. The second-order valence-corrected chi connectivity index (χ2v) is 8.50. The van der Waals surface area contributed by atoms with Gasteiger partial charge in [-0.25, -0.2) is 9.50 Å². The van der Waals surface area contributed by atoms with Crippen molar-refractivity contribution in [2.75, 3.05) is 43.4 Å². The van der Waals surface area contributed by atoms with E-state index in [0.29, 0.717) is 11.0 Å². The molecule has 0 aliphatic carbocycles. The summed E-state index contributed by atoms with van der Waals surface area (Å²) in [6.07, 6.45) is 1.83. The van der Waals surface area contributed by atoms with E-state index in [1.165, 1.54) is 11.3 Å². The summed E-state index contributed by atoms with van der Waals surface area (Å²) in [6.45, 7) is 6.43. The summed E-state index contributed by atoms with van der Waals surface area (Å²) < 4.78 is 1.90. The molecule has 1 aliphatic rings. The van der Waals surface area contributed by atoms with Crippen LogP contribution in [-0.2, 0) is 0 Å². The molecule has 0 radical (unpaired) electrons. The van der Waals surface area contributed by atoms with Crippen LogP contribution in [0.4, 0.5) is 17.3 Å². The van der Waals surface area contributed by atoms with Gasteiger partial charge in [0.05, 0.1) is 17.4 Å². The number of anilines is 3. The maximum atomic E-state index is 6.18. The van der Waals surface area contributed by atoms with Gasteiger partial charge in [0.15, 0.2) is 0 Å². The minimum Gasteiger partial charge on any atom is -0.369 e. The molecule has 0 amide bonds. The summed E-state index contributed by atoms with van der Waals surface area (Å²) in [7, 11) is 2.18. The van der Waals surface area contributed by atoms with E-state index in [4.69, 9.17) is 16.7 Å². The third-order valence-electron chi connectivity index (χ3n) is 5.84. The van der Waals surface area contributed by atoms with Gasteiger partial charge in [0.25, 0.3) is 0 Å². The van der Waals surface area contributed by atoms with Gasteiger partial charge in [-0.3, -0.25) is 0 Å². The van der Waals surface area contributed by atoms with E-state index in [9.17, 15) is 0 Å². The standard InChI is InChI=1S/C24H25ClN6/c1-17-14-20(30-12-10-29(2)11-13-30)6-8-22(17)27-24-26-16-21-7-9-23(31(21)28-24)18-4-3-5-19(25)15-18/h3-9,14-16H,10-13H2,1-2H3,(H,27,28). The van der Waals surface area contributed by atoms with Gasteiger partial charge in [-0.2, -0.15) is 0 Å². The number of fused-ring (bicyclic) bond motifs is 1. The van der Waals surface area contributed by atoms with E-state index in [1.807, 2.05) is 47.1 Å². The molecule has 7 heteroatoms. The third-order valence-corrected chi connectivity index (χ3v) is 6.08. The smallest absolute Gasteiger partial charge is 0.245 e. The van der Waals surface area contributed by atoms with Crippen LogP contribution in [0.1, 0.15) is 5.56 Å². The molecule has 0 atom stereocenters. The number of hydrogen-bond acceptors (Lipinski definition) is 5. The quantitative estimate of drug-likeness (QED) is 0.499. The van der Waals surface area contributed by atoms with Crippen molar-refractivity contribution in [3.63, 3.8) is 0 Å². The van der Waals surface area contributed by atoms with Crippen LogP contribution in [0.15, 0.2) is 60.8 Å². The molecule has 2 aromatic carbocycles. The molecule has 5 rings (SSSR count). The highest BCUT2D eigenvalue weighted by molar-refractivity contribution is 6.30. The van der Waals surface area contributed by atoms with Crippen molar-refractivity contribution in [2.45, 2.75) is 6.92 Å². The highest BCUT2D eigenvalue weighted by Gasteiger charge is 2.15. The summed E-state index contributed by atoms with van der Waals surface area (Å²) in [5.74, 6) is 0.558. The molecular formula is C24H25ClN6. The molecule has 158 valence electrons. The number of hydrogen-bond donors (Lipinski definition) is 1. The van der Waals surface area contributed by atoms with Gasteiger partial charge in [-0.15, -0.1) is 5.10 Å². The molecule has 6 nitrogen and oxygen atoms in total. The van der Waals surface area contributed by atoms with Crippen LogP contribution in [0.25, 0.3) is 16.8 Å². The fraction of sp³-hybridized carbons (Fsp3) is 0.250. The zero-order chi connectivity index (χ0) is 21.4. The fourth-order valence-electron chi connectivity index (χ4n) is 4.00. The van der Waals surface area contributed by atoms with Crippen molar-refractivity contribution in [2.24, 2.45) is 0 Å². The topological polar surface area (TPSA) is 48.7 Å². The zero-order valence-corrected chi connectivity index (χ0v) is 18.5. The third kappa shape index (κ3) is 4.09. The lowest BCUT2D eigenvalue weighted by molar-refractivity contribution is 0.313. The highest BCUT2D eigenvalue weighted by atomic mass is 35.5. The van der Waals surface area contributed by atoms with Gasteiger partial charge >= 0.3 is 0 Å². The van der Waals surface area contributed by atoms with Gasteiger partial charge < -0.3 is 15.1 Å². The lowest BCUT2D eigenvalue weighted by Crippen LogP contribution is -2.44. The first kappa shape index (κ1) is 19.8. The summed E-state index contributed by atoms with van der Waals surface area (Å²) in [5.41, 5.74) is 6.37. The van der Waals surface area contributed by atoms with Crippen molar-refractivity contribution in [3.8, 4) is 11.3 Å². The number of nitrogens with zero attached hydrogens (tertiary/aromatic N) is 5. The number of piperazine rings is 1. The van der Waals surface area contributed by atoms with Crippen LogP contribution in [0, 0.1) is 6.92 Å². The first-order chi connectivity index (χ1) is 15.1. The first-order valence-corrected chi connectivity index (χ1v) is 10.9. The van der Waals surface area contributed by atoms with Gasteiger partial charge in [0.1, 0.15) is 0 Å². The maximum absolute atomic E-state index is 6.18. The lowest BCUT2D eigenvalue weighted by Gasteiger charge is -2.34. The predicted octanol–water partition coefficient (Wildman–Crippen LogP) is 4.85. The normalized spacial score (nSPS) is 14.9. The van der Waals surface area contributed by atoms with Crippen molar-refractivity contribution in [3.05, 3.63) is 71.4 Å². The van der Waals surface area contributed by atoms with Crippen LogP contribution in [0.2, 0.25) is 5.02 Å². The molecule has 0 saturated carbocycles. The molecule has 2 aromatic heterocycles. The Morgan fingerprint density at radius 1 is 0.968 bits per heavy atom. The van der Waals surface area contributed by atoms with E-state index in [0.717, 1.165) is 48.6 Å². The molecule has 3 heterocycles. The fourth-order valence-corrected chi connectivity index (χ4v) is 4.19. The van der Waals surface area contributed by atoms with Gasteiger partial charge in [0.2, 0.25) is 5.95 Å². The monoisotopic (exact) mass is 432 g/mol. The van der Waals surface area contributed by atoms with E-state index in [1.54, 1.807) is 0 Å². The molecule has 1 saturated heterocycles. The molecule has 31 heavy (non-hydrogen) atoms. The molecule has 1 aliphatic heterocycles. The summed E-state index contributed by atoms with van der Waals surface area (Å²) in [4.78, 5) is 9.31. The van der Waals surface area contributed by atoms with E-state index in [2.05, 4.69) is 52.3 Å². The van der Waals surface area contributed by atoms with Crippen LogP contribution >= 0.6 is 11.6 Å². The van der Waals surface area contributed by atoms with Gasteiger partial charge in [-0.05, 0) is 62.0 Å². The Hall–Kier alpha value is -3.09. The van der Waals surface area contributed by atoms with Crippen LogP contribution in [-0.4, -0.2) is 52.7 Å². The Balaban J connectivity index is 1.41. The largest absolute Gasteiger partial charge is 0.369 e. The number of rotatable bonds is 4. The zero-order valence-electron chi connectivity index (χ0n) is 17.7. The summed E-state index contributed by atoms with van der Waals surface area (Å²) in [6, 6.07) is 18.4. The molecule has 1 N–H and O–H groups in total. The Bertz CT molecular complexity index is 1230. The molecule has 0 unspecified atom stereocenters. The molecule has 4 aromatic rings. The number of halogens is 1. The molecule has 0 spiro atoms. The number of nitrogens with one attached hydrogen (secondary N) is 1. The number of benzene rings is 2. The Morgan fingerprint density at radius 3 is 2.58 bits per heavy atom. The highest BCUT2D eigenvalue weighted by Crippen LogP contribution is 2.27. The number of likely N-dealkylation sites (N-methyl/N-ethyl adjacent to an activating group) is 1. The average Bonchev–Trinajstić information content (AvgIpc) is 3.19. The minimum absolute atomic E-state index is 0.558. The van der Waals surface area contributed by atoms with Crippen molar-refractivity contribution in [1.29, 1.82) is 0 Å². The van der Waals surface area contributed by atoms with E-state index >= 15 is 0 Å². The van der Waals surface area contributed by atoms with Crippen LogP contribution in [0.3, 0.4) is 0 Å². The minimum atomic E-state index is 0.558. The lowest BCUT2D eigenvalue weighted by atomic mass is 10.1. The van der Waals surface area contributed by atoms with Crippen molar-refractivity contribution < 1.29 is 0 Å². The molecule has 1 fully saturated rings. The van der Waals surface area contributed by atoms with Gasteiger partial charge in [0, 0.05) is 48.1 Å². The molecule has 0 bridgehead atoms. The van der Waals surface area contributed by atoms with Crippen molar-refractivity contribution in [1.82, 2.24) is 19.5 Å². The second-order valence-electron chi connectivity index (χ2n) is 8.06. The first-order valence-electron chi connectivity index (χ1n) is 10.5. The SMILES string of the molecule is Cc1cc(N2CCN(C)CC2)ccc1Nc1ncc2ccc(-c3cccc(Cl)c3)n2n1. The summed E-state index contributed by atoms with van der Waals surface area (Å²) in [5, 5.41) is 8.82. The van der Waals surface area contributed by atoms with Crippen molar-refractivity contribution >= 4 is 34.4 Å². The Kier molecular flexibility index (Phi) is 5.26. The number of aryl methyl sites for hydroxylation is 1. The summed E-state index contributed by atoms with van der Waals surface area (Å²) >= 11 is 6.18.